The van der Waals surface area contributed by atoms with Gasteiger partial charge < -0.3 is 15.4 Å². The van der Waals surface area contributed by atoms with Crippen molar-refractivity contribution in [3.05, 3.63) is 48.0 Å². The molecule has 3 N–H and O–H groups in total. The van der Waals surface area contributed by atoms with Crippen molar-refractivity contribution in [1.82, 2.24) is 9.62 Å². The molecule has 0 heterocycles. The van der Waals surface area contributed by atoms with E-state index in [-0.39, 0.29) is 23.9 Å². The molecule has 1 fully saturated rings. The van der Waals surface area contributed by atoms with E-state index in [1.807, 2.05) is 6.07 Å². The SMILES string of the molecule is C=C(N)N(C)CC(COC1CCC(c2cccc(F)c2)CC1)C(C)NS(=O)F. The van der Waals surface area contributed by atoms with Gasteiger partial charge in [0, 0.05) is 25.6 Å². The van der Waals surface area contributed by atoms with E-state index in [1.165, 1.54) is 6.07 Å². The maximum absolute atomic E-state index is 13.4. The number of nitrogens with one attached hydrogen (secondary N) is 1. The molecule has 1 saturated carbocycles. The van der Waals surface area contributed by atoms with Crippen molar-refractivity contribution in [2.75, 3.05) is 20.2 Å². The summed E-state index contributed by atoms with van der Waals surface area (Å²) < 4.78 is 45.7. The summed E-state index contributed by atoms with van der Waals surface area (Å²) >= 11 is -2.59. The van der Waals surface area contributed by atoms with Crippen LogP contribution in [0.4, 0.5) is 8.28 Å². The van der Waals surface area contributed by atoms with Crippen molar-refractivity contribution in [3.63, 3.8) is 0 Å². The summed E-state index contributed by atoms with van der Waals surface area (Å²) in [6.07, 6.45) is 3.79. The Hall–Kier alpha value is -1.51. The molecule has 2 rings (SSSR count). The zero-order chi connectivity index (χ0) is 20.7. The molecule has 158 valence electrons. The normalized spacial score (nSPS) is 23.0. The highest BCUT2D eigenvalue weighted by Gasteiger charge is 2.26. The zero-order valence-electron chi connectivity index (χ0n) is 16.6. The molecule has 0 bridgehead atoms. The molecule has 0 amide bonds. The molecule has 3 atom stereocenters. The molecule has 0 aliphatic heterocycles. The van der Waals surface area contributed by atoms with E-state index in [4.69, 9.17) is 10.5 Å². The molecule has 5 nitrogen and oxygen atoms in total. The Morgan fingerprint density at radius 1 is 1.43 bits per heavy atom. The van der Waals surface area contributed by atoms with Gasteiger partial charge in [-0.2, -0.15) is 0 Å². The first kappa shape index (κ1) is 22.8. The predicted molar refractivity (Wildman–Crippen MR) is 109 cm³/mol. The third kappa shape index (κ3) is 7.14. The second-order valence-electron chi connectivity index (χ2n) is 7.62. The molecule has 8 heteroatoms. The van der Waals surface area contributed by atoms with E-state index in [2.05, 4.69) is 11.3 Å². The maximum atomic E-state index is 13.4. The van der Waals surface area contributed by atoms with Crippen molar-refractivity contribution in [3.8, 4) is 0 Å². The number of nitrogens with two attached hydrogens (primary N) is 1. The maximum Gasteiger partial charge on any atom is 0.274 e. The second-order valence-corrected chi connectivity index (χ2v) is 8.31. The van der Waals surface area contributed by atoms with E-state index < -0.39 is 11.4 Å². The molecule has 3 unspecified atom stereocenters. The van der Waals surface area contributed by atoms with Gasteiger partial charge in [-0.3, -0.25) is 0 Å². The van der Waals surface area contributed by atoms with Gasteiger partial charge in [-0.05, 0) is 56.2 Å². The fourth-order valence-electron chi connectivity index (χ4n) is 3.65. The van der Waals surface area contributed by atoms with Crippen molar-refractivity contribution in [2.24, 2.45) is 11.7 Å². The Bertz CT molecular complexity index is 669. The van der Waals surface area contributed by atoms with Crippen molar-refractivity contribution < 1.29 is 17.2 Å². The van der Waals surface area contributed by atoms with Crippen LogP contribution in [0.2, 0.25) is 0 Å². The lowest BCUT2D eigenvalue weighted by Gasteiger charge is -2.33. The van der Waals surface area contributed by atoms with Gasteiger partial charge in [-0.1, -0.05) is 18.7 Å². The number of rotatable bonds is 10. The zero-order valence-corrected chi connectivity index (χ0v) is 17.4. The first-order valence-electron chi connectivity index (χ1n) is 9.63. The first-order chi connectivity index (χ1) is 13.3. The van der Waals surface area contributed by atoms with Crippen LogP contribution < -0.4 is 10.5 Å². The van der Waals surface area contributed by atoms with Crippen LogP contribution in [0.15, 0.2) is 36.7 Å². The lowest BCUT2D eigenvalue weighted by Crippen LogP contribution is -2.43. The van der Waals surface area contributed by atoms with E-state index >= 15 is 0 Å². The topological polar surface area (TPSA) is 67.6 Å². The van der Waals surface area contributed by atoms with Crippen LogP contribution >= 0.6 is 0 Å². The van der Waals surface area contributed by atoms with E-state index in [9.17, 15) is 12.5 Å². The molecule has 1 aliphatic carbocycles. The van der Waals surface area contributed by atoms with E-state index in [0.717, 1.165) is 31.2 Å². The van der Waals surface area contributed by atoms with Crippen molar-refractivity contribution in [1.29, 1.82) is 0 Å². The summed E-state index contributed by atoms with van der Waals surface area (Å²) in [6, 6.07) is 6.46. The van der Waals surface area contributed by atoms with Crippen molar-refractivity contribution >= 4 is 11.4 Å². The predicted octanol–water partition coefficient (Wildman–Crippen LogP) is 3.37. The van der Waals surface area contributed by atoms with Gasteiger partial charge in [0.05, 0.1) is 18.5 Å². The highest BCUT2D eigenvalue weighted by Crippen LogP contribution is 2.34. The first-order valence-corrected chi connectivity index (χ1v) is 10.7. The smallest absolute Gasteiger partial charge is 0.274 e. The molecule has 28 heavy (non-hydrogen) atoms. The molecular formula is C20H31F2N3O2S. The number of hydrogen-bond acceptors (Lipinski definition) is 4. The third-order valence-corrected chi connectivity index (χ3v) is 6.08. The minimum atomic E-state index is -2.59. The standard InChI is InChI=1S/C20H31F2N3O2S/c1-14(24-28(22)26)18(12-25(3)15(2)23)13-27-20-9-7-16(8-10-20)17-5-4-6-19(21)11-17/h4-6,11,14,16,18,20,24H,2,7-10,12-13,23H2,1,3H3. The van der Waals surface area contributed by atoms with Crippen LogP contribution in [-0.4, -0.2) is 41.5 Å². The molecule has 1 aliphatic rings. The molecule has 0 saturated heterocycles. The minimum Gasteiger partial charge on any atom is -0.386 e. The van der Waals surface area contributed by atoms with Gasteiger partial charge in [-0.25, -0.2) is 13.3 Å². The van der Waals surface area contributed by atoms with E-state index in [0.29, 0.717) is 24.9 Å². The third-order valence-electron chi connectivity index (χ3n) is 5.52. The Labute approximate surface area is 169 Å². The van der Waals surface area contributed by atoms with Crippen LogP contribution in [0.25, 0.3) is 0 Å². The van der Waals surface area contributed by atoms with Gasteiger partial charge in [-0.15, -0.1) is 3.89 Å². The summed E-state index contributed by atoms with van der Waals surface area (Å²) in [5, 5.41) is 0. The molecule has 0 radical (unpaired) electrons. The Morgan fingerprint density at radius 2 is 2.11 bits per heavy atom. The summed E-state index contributed by atoms with van der Waals surface area (Å²) in [5.41, 5.74) is 6.76. The summed E-state index contributed by atoms with van der Waals surface area (Å²) in [4.78, 5) is 1.77. The number of benzene rings is 1. The molecular weight excluding hydrogens is 384 g/mol. The summed E-state index contributed by atoms with van der Waals surface area (Å²) in [6.45, 7) is 6.39. The Balaban J connectivity index is 1.86. The molecule has 1 aromatic carbocycles. The number of hydrogen-bond donors (Lipinski definition) is 2. The van der Waals surface area contributed by atoms with Gasteiger partial charge >= 0.3 is 0 Å². The Kier molecular flexibility index (Phi) is 8.85. The highest BCUT2D eigenvalue weighted by atomic mass is 32.2. The van der Waals surface area contributed by atoms with E-state index in [1.54, 1.807) is 31.0 Å². The number of halogens is 2. The largest absolute Gasteiger partial charge is 0.386 e. The average Bonchev–Trinajstić information content (AvgIpc) is 2.64. The average molecular weight is 416 g/mol. The Morgan fingerprint density at radius 3 is 2.68 bits per heavy atom. The van der Waals surface area contributed by atoms with Crippen molar-refractivity contribution in [2.45, 2.75) is 50.7 Å². The van der Waals surface area contributed by atoms with Crippen LogP contribution in [0.1, 0.15) is 44.1 Å². The molecule has 1 aromatic rings. The van der Waals surface area contributed by atoms with Gasteiger partial charge in [0.15, 0.2) is 0 Å². The summed E-state index contributed by atoms with van der Waals surface area (Å²) in [7, 11) is 1.80. The quantitative estimate of drug-likeness (QED) is 0.575. The van der Waals surface area contributed by atoms with Gasteiger partial charge in [0.25, 0.3) is 11.4 Å². The second kappa shape index (κ2) is 10.9. The van der Waals surface area contributed by atoms with Crippen LogP contribution in [0.3, 0.4) is 0 Å². The fourth-order valence-corrected chi connectivity index (χ4v) is 4.13. The van der Waals surface area contributed by atoms with Gasteiger partial charge in [0.1, 0.15) is 5.82 Å². The molecule has 0 spiro atoms. The summed E-state index contributed by atoms with van der Waals surface area (Å²) in [5.74, 6) is 0.462. The monoisotopic (exact) mass is 415 g/mol. The van der Waals surface area contributed by atoms with Gasteiger partial charge in [0.2, 0.25) is 0 Å². The minimum absolute atomic E-state index is 0.106. The van der Waals surface area contributed by atoms with Crippen LogP contribution in [0, 0.1) is 11.7 Å². The number of ether oxygens (including phenoxy) is 1. The fraction of sp³-hybridized carbons (Fsp3) is 0.600. The van der Waals surface area contributed by atoms with Crippen LogP contribution in [-0.2, 0) is 16.1 Å². The van der Waals surface area contributed by atoms with Crippen LogP contribution in [0.5, 0.6) is 0 Å². The highest BCUT2D eigenvalue weighted by molar-refractivity contribution is 7.77. The lowest BCUT2D eigenvalue weighted by molar-refractivity contribution is -0.00377. The number of nitrogens with zero attached hydrogens (tertiary/aromatic N) is 1. The lowest BCUT2D eigenvalue weighted by atomic mass is 9.82. The molecule has 0 aromatic heterocycles.